The third-order valence-corrected chi connectivity index (χ3v) is 10.5. The van der Waals surface area contributed by atoms with E-state index in [4.69, 9.17) is 5.73 Å². The number of carbonyl (C=O) groups is 3. The maximum atomic E-state index is 15.4. The topological polar surface area (TPSA) is 102 Å². The number of nitrogens with zero attached hydrogens (tertiary/aromatic N) is 4. The number of imide groups is 1. The summed E-state index contributed by atoms with van der Waals surface area (Å²) in [5.41, 5.74) is 9.76. The molecule has 0 radical (unpaired) electrons. The molecule has 4 aliphatic heterocycles. The predicted molar refractivity (Wildman–Crippen MR) is 159 cm³/mol. The molecule has 5 aliphatic rings. The number of halogens is 1. The van der Waals surface area contributed by atoms with Crippen LogP contribution in [0, 0.1) is 11.2 Å². The summed E-state index contributed by atoms with van der Waals surface area (Å²) in [4.78, 5) is 45.9. The number of piperidine rings is 2. The smallest absolute Gasteiger partial charge is 0.255 e. The molecule has 10 heteroatoms. The summed E-state index contributed by atoms with van der Waals surface area (Å²) < 4.78 is 15.4. The number of hydrogen-bond acceptors (Lipinski definition) is 7. The Morgan fingerprint density at radius 1 is 0.881 bits per heavy atom. The minimum atomic E-state index is -0.694. The van der Waals surface area contributed by atoms with E-state index in [1.54, 1.807) is 6.07 Å². The largest absolute Gasteiger partial charge is 0.399 e. The molecular weight excluding hydrogens is 535 g/mol. The lowest BCUT2D eigenvalue weighted by molar-refractivity contribution is -0.136. The van der Waals surface area contributed by atoms with E-state index in [1.165, 1.54) is 35.9 Å². The van der Waals surface area contributed by atoms with Crippen molar-refractivity contribution < 1.29 is 18.8 Å². The first kappa shape index (κ1) is 27.2. The second kappa shape index (κ2) is 10.6. The molecule has 2 atom stereocenters. The van der Waals surface area contributed by atoms with Crippen LogP contribution in [-0.4, -0.2) is 78.9 Å². The Balaban J connectivity index is 0.958. The van der Waals surface area contributed by atoms with Crippen LogP contribution >= 0.6 is 0 Å². The van der Waals surface area contributed by atoms with Crippen molar-refractivity contribution in [1.82, 2.24) is 15.1 Å². The Hall–Kier alpha value is -3.66. The average molecular weight is 575 g/mol. The lowest BCUT2D eigenvalue weighted by atomic mass is 9.76. The van der Waals surface area contributed by atoms with E-state index in [2.05, 4.69) is 32.1 Å². The molecule has 3 N–H and O–H groups in total. The Bertz CT molecular complexity index is 1400. The summed E-state index contributed by atoms with van der Waals surface area (Å²) in [6.45, 7) is 5.94. The fourth-order valence-corrected chi connectivity index (χ4v) is 8.01. The maximum absolute atomic E-state index is 15.4. The number of benzene rings is 2. The highest BCUT2D eigenvalue weighted by atomic mass is 19.1. The molecule has 2 aromatic carbocycles. The molecule has 0 bridgehead atoms. The summed E-state index contributed by atoms with van der Waals surface area (Å²) >= 11 is 0. The lowest BCUT2D eigenvalue weighted by Gasteiger charge is -2.42. The number of fused-ring (bicyclic) bond motifs is 1. The van der Waals surface area contributed by atoms with Gasteiger partial charge in [0.2, 0.25) is 11.8 Å². The van der Waals surface area contributed by atoms with Gasteiger partial charge in [-0.3, -0.25) is 24.6 Å². The van der Waals surface area contributed by atoms with Gasteiger partial charge < -0.3 is 20.4 Å². The molecular formula is C32H39FN6O3. The third-order valence-electron chi connectivity index (χ3n) is 10.5. The van der Waals surface area contributed by atoms with Gasteiger partial charge >= 0.3 is 0 Å². The number of piperazine rings is 1. The van der Waals surface area contributed by atoms with Crippen molar-refractivity contribution in [2.75, 3.05) is 54.8 Å². The highest BCUT2D eigenvalue weighted by Crippen LogP contribution is 2.49. The zero-order valence-electron chi connectivity index (χ0n) is 24.0. The summed E-state index contributed by atoms with van der Waals surface area (Å²) in [6.07, 6.45) is 6.20. The van der Waals surface area contributed by atoms with Crippen molar-refractivity contribution in [3.63, 3.8) is 0 Å². The van der Waals surface area contributed by atoms with Crippen molar-refractivity contribution in [1.29, 1.82) is 0 Å². The lowest BCUT2D eigenvalue weighted by Crippen LogP contribution is -2.52. The van der Waals surface area contributed by atoms with Gasteiger partial charge in [0.25, 0.3) is 5.91 Å². The van der Waals surface area contributed by atoms with Crippen LogP contribution in [-0.2, 0) is 16.1 Å². The number of carbonyl (C=O) groups excluding carboxylic acids is 3. The van der Waals surface area contributed by atoms with Gasteiger partial charge in [0.1, 0.15) is 11.9 Å². The summed E-state index contributed by atoms with van der Waals surface area (Å²) in [7, 11) is 0. The Morgan fingerprint density at radius 3 is 2.33 bits per heavy atom. The molecule has 1 saturated carbocycles. The van der Waals surface area contributed by atoms with Gasteiger partial charge in [0.05, 0.1) is 5.69 Å². The molecule has 3 saturated heterocycles. The molecule has 222 valence electrons. The highest BCUT2D eigenvalue weighted by molar-refractivity contribution is 6.05. The third kappa shape index (κ3) is 4.89. The zero-order chi connectivity index (χ0) is 29.0. The highest BCUT2D eigenvalue weighted by Gasteiger charge is 2.44. The van der Waals surface area contributed by atoms with Gasteiger partial charge in [0, 0.05) is 75.2 Å². The first-order valence-electron chi connectivity index (χ1n) is 15.4. The number of nitrogen functional groups attached to an aromatic ring is 1. The molecule has 3 amide bonds. The van der Waals surface area contributed by atoms with Gasteiger partial charge in [-0.15, -0.1) is 0 Å². The monoisotopic (exact) mass is 574 g/mol. The van der Waals surface area contributed by atoms with E-state index >= 15 is 4.39 Å². The van der Waals surface area contributed by atoms with E-state index in [0.717, 1.165) is 57.8 Å². The fraction of sp³-hybridized carbons (Fsp3) is 0.531. The fourth-order valence-electron chi connectivity index (χ4n) is 8.01. The maximum Gasteiger partial charge on any atom is 0.255 e. The van der Waals surface area contributed by atoms with Crippen molar-refractivity contribution in [3.05, 3.63) is 53.3 Å². The van der Waals surface area contributed by atoms with E-state index < -0.39 is 11.9 Å². The molecule has 9 nitrogen and oxygen atoms in total. The van der Waals surface area contributed by atoms with Crippen LogP contribution in [0.25, 0.3) is 0 Å². The van der Waals surface area contributed by atoms with Crippen molar-refractivity contribution in [2.24, 2.45) is 5.41 Å². The predicted octanol–water partition coefficient (Wildman–Crippen LogP) is 3.13. The molecule has 0 aromatic heterocycles. The van der Waals surface area contributed by atoms with Gasteiger partial charge in [0.15, 0.2) is 0 Å². The van der Waals surface area contributed by atoms with Crippen LogP contribution in [0.2, 0.25) is 0 Å². The normalized spacial score (nSPS) is 26.2. The number of amides is 3. The van der Waals surface area contributed by atoms with Gasteiger partial charge in [-0.25, -0.2) is 4.39 Å². The molecule has 2 aromatic rings. The van der Waals surface area contributed by atoms with Crippen molar-refractivity contribution >= 4 is 34.8 Å². The van der Waals surface area contributed by atoms with E-state index in [9.17, 15) is 14.4 Å². The molecule has 42 heavy (non-hydrogen) atoms. The Kier molecular flexibility index (Phi) is 6.84. The van der Waals surface area contributed by atoms with E-state index in [1.807, 2.05) is 12.1 Å². The minimum absolute atomic E-state index is 0.191. The Labute approximate surface area is 245 Å². The van der Waals surface area contributed by atoms with E-state index in [0.29, 0.717) is 34.7 Å². The summed E-state index contributed by atoms with van der Waals surface area (Å²) in [5, 5.41) is 2.32. The number of rotatable bonds is 4. The standard InChI is InChI=1S/C32H39FN6O3/c33-26-17-21-20-39(27-5-6-29(40)35-30(27)41)31(42)25(21)18-28(26)38-11-9-32(10-12-38)8-7-24(19-32)37-15-13-36(14-16-37)23-3-1-22(34)2-4-23/h1-4,17-18,24,27H,5-16,19-20,34H2,(H,35,40,41). The average Bonchev–Trinajstić information content (AvgIpc) is 3.54. The number of anilines is 3. The second-order valence-electron chi connectivity index (χ2n) is 12.9. The van der Waals surface area contributed by atoms with Crippen LogP contribution in [0.4, 0.5) is 21.5 Å². The molecule has 1 aliphatic carbocycles. The molecule has 1 spiro atoms. The van der Waals surface area contributed by atoms with Crippen molar-refractivity contribution in [3.8, 4) is 0 Å². The van der Waals surface area contributed by atoms with Crippen LogP contribution in [0.3, 0.4) is 0 Å². The number of nitrogens with one attached hydrogen (secondary N) is 1. The number of nitrogens with two attached hydrogens (primary N) is 1. The molecule has 4 heterocycles. The van der Waals surface area contributed by atoms with Crippen LogP contribution < -0.4 is 20.9 Å². The van der Waals surface area contributed by atoms with Gasteiger partial charge in [-0.2, -0.15) is 0 Å². The first-order valence-corrected chi connectivity index (χ1v) is 15.4. The minimum Gasteiger partial charge on any atom is -0.399 e. The van der Waals surface area contributed by atoms with Crippen LogP contribution in [0.1, 0.15) is 60.9 Å². The van der Waals surface area contributed by atoms with Gasteiger partial charge in [-0.05, 0) is 85.9 Å². The van der Waals surface area contributed by atoms with Gasteiger partial charge in [-0.1, -0.05) is 0 Å². The molecule has 7 rings (SSSR count). The SMILES string of the molecule is Nc1ccc(N2CCN(C3CCC4(CCN(c5cc6c(cc5F)CN(C5CCC(=O)NC5=O)C6=O)CC4)C3)CC2)cc1. The number of hydrogen-bond donors (Lipinski definition) is 2. The van der Waals surface area contributed by atoms with Crippen molar-refractivity contribution in [2.45, 2.75) is 63.6 Å². The second-order valence-corrected chi connectivity index (χ2v) is 12.9. The Morgan fingerprint density at radius 2 is 1.62 bits per heavy atom. The molecule has 2 unspecified atom stereocenters. The summed E-state index contributed by atoms with van der Waals surface area (Å²) in [5.74, 6) is -1.34. The zero-order valence-corrected chi connectivity index (χ0v) is 24.0. The van der Waals surface area contributed by atoms with Crippen LogP contribution in [0.5, 0.6) is 0 Å². The quantitative estimate of drug-likeness (QED) is 0.427. The van der Waals surface area contributed by atoms with Crippen LogP contribution in [0.15, 0.2) is 36.4 Å². The summed E-state index contributed by atoms with van der Waals surface area (Å²) in [6, 6.07) is 11.2. The first-order chi connectivity index (χ1) is 20.3. The molecule has 4 fully saturated rings. The van der Waals surface area contributed by atoms with E-state index in [-0.39, 0.29) is 30.6 Å².